The Hall–Kier alpha value is -4.65. The van der Waals surface area contributed by atoms with Crippen molar-refractivity contribution in [3.63, 3.8) is 0 Å². The summed E-state index contributed by atoms with van der Waals surface area (Å²) in [6.45, 7) is 20.9. The number of hydrogen-bond donors (Lipinski definition) is 0. The number of hydrogen-bond acceptors (Lipinski definition) is 7. The first-order valence-corrected chi connectivity index (χ1v) is 15.1. The van der Waals surface area contributed by atoms with Crippen LogP contribution in [-0.2, 0) is 5.41 Å². The first kappa shape index (κ1) is 36.5. The minimum atomic E-state index is -0.276. The molecule has 7 heteroatoms. The van der Waals surface area contributed by atoms with Gasteiger partial charge >= 0.3 is 0 Å². The molecule has 5 rings (SSSR count). The Morgan fingerprint density at radius 2 is 0.822 bits per heavy atom. The van der Waals surface area contributed by atoms with Crippen LogP contribution in [0.25, 0.3) is 22.8 Å². The average molecular weight is 605 g/mol. The number of ketones is 1. The second kappa shape index (κ2) is 17.0. The van der Waals surface area contributed by atoms with Gasteiger partial charge in [-0.25, -0.2) is 29.9 Å². The Bertz CT molecular complexity index is 1450. The fourth-order valence-corrected chi connectivity index (χ4v) is 3.37. The molecular weight excluding hydrogens is 556 g/mol. The monoisotopic (exact) mass is 604 g/mol. The molecule has 3 aromatic carbocycles. The highest BCUT2D eigenvalue weighted by Crippen LogP contribution is 2.25. The summed E-state index contributed by atoms with van der Waals surface area (Å²) >= 11 is 0. The van der Waals surface area contributed by atoms with E-state index in [2.05, 4.69) is 78.4 Å². The normalized spacial score (nSPS) is 11.0. The van der Waals surface area contributed by atoms with E-state index in [1.165, 1.54) is 19.0 Å². The molecule has 0 aliphatic carbocycles. The highest BCUT2D eigenvalue weighted by molar-refractivity contribution is 5.99. The molecule has 0 aliphatic heterocycles. The third-order valence-electron chi connectivity index (χ3n) is 5.49. The summed E-state index contributed by atoms with van der Waals surface area (Å²) in [4.78, 5) is 36.4. The number of carbonyl (C=O) groups is 1. The highest BCUT2D eigenvalue weighted by Gasteiger charge is 2.22. The number of aromatic nitrogens is 6. The number of benzene rings is 3. The van der Waals surface area contributed by atoms with E-state index < -0.39 is 0 Å². The van der Waals surface area contributed by atoms with Crippen LogP contribution in [0.15, 0.2) is 110 Å². The van der Waals surface area contributed by atoms with Gasteiger partial charge in [0.1, 0.15) is 24.8 Å². The van der Waals surface area contributed by atoms with Gasteiger partial charge in [0, 0.05) is 27.5 Å². The summed E-state index contributed by atoms with van der Waals surface area (Å²) < 4.78 is 0. The van der Waals surface area contributed by atoms with Gasteiger partial charge in [-0.15, -0.1) is 0 Å². The van der Waals surface area contributed by atoms with Gasteiger partial charge < -0.3 is 0 Å². The van der Waals surface area contributed by atoms with Gasteiger partial charge in [0.25, 0.3) is 0 Å². The lowest BCUT2D eigenvalue weighted by atomic mass is 9.87. The van der Waals surface area contributed by atoms with Crippen molar-refractivity contribution in [2.24, 2.45) is 10.8 Å². The van der Waals surface area contributed by atoms with Gasteiger partial charge in [-0.1, -0.05) is 160 Å². The summed E-state index contributed by atoms with van der Waals surface area (Å²) in [5, 5.41) is 0. The van der Waals surface area contributed by atoms with Crippen molar-refractivity contribution < 1.29 is 4.79 Å². The molecule has 0 aliphatic rings. The molecular formula is C38H48N6O. The zero-order valence-corrected chi connectivity index (χ0v) is 28.5. The largest absolute Gasteiger partial charge is 0.294 e. The number of nitrogens with zero attached hydrogens (tertiary/aromatic N) is 6. The molecule has 2 aromatic heterocycles. The Balaban J connectivity index is 0.000000255. The molecule has 0 radical (unpaired) electrons. The minimum absolute atomic E-state index is 0.129. The lowest BCUT2D eigenvalue weighted by molar-refractivity contribution is 0.0858. The van der Waals surface area contributed by atoms with E-state index in [4.69, 9.17) is 0 Å². The van der Waals surface area contributed by atoms with Crippen molar-refractivity contribution in [1.82, 2.24) is 29.9 Å². The first-order chi connectivity index (χ1) is 21.1. The predicted octanol–water partition coefficient (Wildman–Crippen LogP) is 9.34. The van der Waals surface area contributed by atoms with Crippen molar-refractivity contribution in [3.8, 4) is 22.8 Å². The number of carbonyl (C=O) groups excluding carboxylic acids is 1. The van der Waals surface area contributed by atoms with E-state index in [1.807, 2.05) is 112 Å². The van der Waals surface area contributed by atoms with E-state index in [1.54, 1.807) is 0 Å². The Morgan fingerprint density at radius 1 is 0.489 bits per heavy atom. The van der Waals surface area contributed by atoms with Crippen LogP contribution in [0.2, 0.25) is 0 Å². The Labute approximate surface area is 269 Å². The molecule has 0 saturated heterocycles. The van der Waals surface area contributed by atoms with Gasteiger partial charge in [-0.05, 0) is 5.41 Å². The van der Waals surface area contributed by atoms with E-state index in [0.717, 1.165) is 34.2 Å². The highest BCUT2D eigenvalue weighted by atomic mass is 16.1. The summed E-state index contributed by atoms with van der Waals surface area (Å²) in [5.41, 5.74) is 2.90. The zero-order chi connectivity index (χ0) is 33.5. The van der Waals surface area contributed by atoms with E-state index >= 15 is 0 Å². The average Bonchev–Trinajstić information content (AvgIpc) is 3.01. The lowest BCUT2D eigenvalue weighted by Gasteiger charge is -2.18. The molecule has 0 atom stereocenters. The van der Waals surface area contributed by atoms with E-state index in [9.17, 15) is 4.79 Å². The second-order valence-corrected chi connectivity index (χ2v) is 14.0. The molecule has 0 N–H and O–H groups in total. The van der Waals surface area contributed by atoms with Crippen LogP contribution in [0.4, 0.5) is 0 Å². The van der Waals surface area contributed by atoms with Crippen LogP contribution in [0, 0.1) is 10.8 Å². The molecule has 0 amide bonds. The maximum atomic E-state index is 11.7. The zero-order valence-electron chi connectivity index (χ0n) is 28.5. The van der Waals surface area contributed by atoms with Crippen molar-refractivity contribution in [2.45, 2.75) is 74.7 Å². The molecule has 0 spiro atoms. The summed E-state index contributed by atoms with van der Waals surface area (Å²) in [7, 11) is 0. The standard InChI is InChI=1S/C19H19N3.C11H14O.C5H12.C3H3N3/c1-19(2,3)18-21-16(14-10-6-4-7-11-14)20-17(22-18)15-12-8-5-9-13-15;1-11(2,3)10(12)9-7-5-4-6-8-9;1-5(2,3)4;1-4-2-6-3-5-1/h4-13H,1-3H3;4-8H,1-3H3;1-4H3;1-3H. The maximum Gasteiger partial charge on any atom is 0.168 e. The van der Waals surface area contributed by atoms with Gasteiger partial charge in [0.15, 0.2) is 17.4 Å². The fourth-order valence-electron chi connectivity index (χ4n) is 3.37. The van der Waals surface area contributed by atoms with Crippen molar-refractivity contribution >= 4 is 5.78 Å². The van der Waals surface area contributed by atoms with Crippen molar-refractivity contribution in [3.05, 3.63) is 121 Å². The third-order valence-corrected chi connectivity index (χ3v) is 5.49. The molecule has 45 heavy (non-hydrogen) atoms. The maximum absolute atomic E-state index is 11.7. The van der Waals surface area contributed by atoms with Gasteiger partial charge in [0.05, 0.1) is 0 Å². The molecule has 0 saturated carbocycles. The van der Waals surface area contributed by atoms with E-state index in [-0.39, 0.29) is 16.6 Å². The summed E-state index contributed by atoms with van der Waals surface area (Å²) in [5.74, 6) is 2.45. The van der Waals surface area contributed by atoms with Crippen LogP contribution >= 0.6 is 0 Å². The minimum Gasteiger partial charge on any atom is -0.294 e. The summed E-state index contributed by atoms with van der Waals surface area (Å²) in [6.07, 6.45) is 4.31. The number of Topliss-reactive ketones (excluding diaryl/α,β-unsaturated/α-hetero) is 1. The molecule has 0 bridgehead atoms. The lowest BCUT2D eigenvalue weighted by Crippen LogP contribution is -2.19. The van der Waals surface area contributed by atoms with Gasteiger partial charge in [0.2, 0.25) is 0 Å². The predicted molar refractivity (Wildman–Crippen MR) is 185 cm³/mol. The second-order valence-electron chi connectivity index (χ2n) is 14.0. The molecule has 0 fully saturated rings. The molecule has 0 unspecified atom stereocenters. The quantitative estimate of drug-likeness (QED) is 0.189. The molecule has 236 valence electrons. The molecule has 7 nitrogen and oxygen atoms in total. The SMILES string of the molecule is CC(C)(C)C.CC(C)(C)C(=O)c1ccccc1.CC(C)(C)c1nc(-c2ccccc2)nc(-c2ccccc2)n1.c1ncncn1. The van der Waals surface area contributed by atoms with Crippen LogP contribution in [-0.4, -0.2) is 35.7 Å². The Morgan fingerprint density at radius 3 is 1.11 bits per heavy atom. The van der Waals surface area contributed by atoms with E-state index in [0.29, 0.717) is 5.41 Å². The van der Waals surface area contributed by atoms with Crippen LogP contribution in [0.3, 0.4) is 0 Å². The third kappa shape index (κ3) is 14.6. The fraction of sp³-hybridized carbons (Fsp3) is 0.342. The van der Waals surface area contributed by atoms with Crippen LogP contribution < -0.4 is 0 Å². The Kier molecular flexibility index (Phi) is 13.8. The van der Waals surface area contributed by atoms with Crippen LogP contribution in [0.1, 0.15) is 85.4 Å². The summed E-state index contributed by atoms with van der Waals surface area (Å²) in [6, 6.07) is 29.5. The smallest absolute Gasteiger partial charge is 0.168 e. The van der Waals surface area contributed by atoms with Crippen molar-refractivity contribution in [2.75, 3.05) is 0 Å². The van der Waals surface area contributed by atoms with Gasteiger partial charge in [-0.3, -0.25) is 4.79 Å². The van der Waals surface area contributed by atoms with Crippen LogP contribution in [0.5, 0.6) is 0 Å². The number of rotatable bonds is 3. The molecule has 2 heterocycles. The molecule has 5 aromatic rings. The topological polar surface area (TPSA) is 94.4 Å². The first-order valence-electron chi connectivity index (χ1n) is 15.1. The van der Waals surface area contributed by atoms with Crippen molar-refractivity contribution in [1.29, 1.82) is 0 Å². The van der Waals surface area contributed by atoms with Gasteiger partial charge in [-0.2, -0.15) is 0 Å².